The number of quaternary nitrogens is 1. The summed E-state index contributed by atoms with van der Waals surface area (Å²) in [6.07, 6.45) is 1.68. The van der Waals surface area contributed by atoms with Gasteiger partial charge in [0.15, 0.2) is 0 Å². The first-order valence-electron chi connectivity index (χ1n) is 7.95. The van der Waals surface area contributed by atoms with Crippen molar-refractivity contribution in [2.45, 2.75) is 27.3 Å². The molecule has 0 saturated heterocycles. The maximum Gasteiger partial charge on any atom is 0.277 e. The minimum absolute atomic E-state index is 0.0189. The van der Waals surface area contributed by atoms with Gasteiger partial charge in [0.1, 0.15) is 11.0 Å². The van der Waals surface area contributed by atoms with Gasteiger partial charge < -0.3 is 9.88 Å². The maximum absolute atomic E-state index is 12.7. The lowest BCUT2D eigenvalue weighted by Crippen LogP contribution is -3.11. The Kier molecular flexibility index (Phi) is 3.98. The number of hydrogen-bond acceptors (Lipinski definition) is 2. The zero-order chi connectivity index (χ0) is 15.7. The molecule has 5 heteroatoms. The normalized spacial score (nSPS) is 11.8. The smallest absolute Gasteiger partial charge is 0.277 e. The Morgan fingerprint density at radius 3 is 2.77 bits per heavy atom. The van der Waals surface area contributed by atoms with E-state index in [2.05, 4.69) is 29.9 Å². The molecule has 0 aliphatic carbocycles. The fraction of sp³-hybridized carbons (Fsp3) is 0.412. The summed E-state index contributed by atoms with van der Waals surface area (Å²) in [6, 6.07) is 6.13. The second-order valence-electron chi connectivity index (χ2n) is 5.85. The van der Waals surface area contributed by atoms with Crippen LogP contribution in [0.5, 0.6) is 0 Å². The number of aromatic amines is 1. The lowest BCUT2D eigenvalue weighted by Gasteiger charge is -2.15. The van der Waals surface area contributed by atoms with Gasteiger partial charge >= 0.3 is 0 Å². The lowest BCUT2D eigenvalue weighted by atomic mass is 10.2. The summed E-state index contributed by atoms with van der Waals surface area (Å²) >= 11 is 0. The third kappa shape index (κ3) is 2.52. The van der Waals surface area contributed by atoms with Crippen LogP contribution in [-0.2, 0) is 6.54 Å². The quantitative estimate of drug-likeness (QED) is 0.741. The van der Waals surface area contributed by atoms with Gasteiger partial charge in [0.05, 0.1) is 32.5 Å². The van der Waals surface area contributed by atoms with Crippen LogP contribution in [0.4, 0.5) is 0 Å². The Labute approximate surface area is 129 Å². The van der Waals surface area contributed by atoms with E-state index in [-0.39, 0.29) is 5.56 Å². The molecular formula is C17H23N4O+. The third-order valence-electron chi connectivity index (χ3n) is 4.43. The minimum atomic E-state index is 0.0189. The lowest BCUT2D eigenvalue weighted by molar-refractivity contribution is -0.897. The van der Waals surface area contributed by atoms with Crippen LogP contribution in [0.3, 0.4) is 0 Å². The van der Waals surface area contributed by atoms with E-state index in [1.807, 2.05) is 19.1 Å². The molecule has 2 heterocycles. The molecule has 0 saturated carbocycles. The fourth-order valence-electron chi connectivity index (χ4n) is 2.95. The van der Waals surface area contributed by atoms with Crippen LogP contribution < -0.4 is 10.5 Å². The van der Waals surface area contributed by atoms with E-state index in [0.29, 0.717) is 12.1 Å². The van der Waals surface area contributed by atoms with Crippen LogP contribution in [0.2, 0.25) is 0 Å². The monoisotopic (exact) mass is 299 g/mol. The number of aromatic nitrogens is 3. The largest absolute Gasteiger partial charge is 0.349 e. The van der Waals surface area contributed by atoms with E-state index in [0.717, 1.165) is 36.1 Å². The van der Waals surface area contributed by atoms with Gasteiger partial charge in [0, 0.05) is 10.9 Å². The molecule has 22 heavy (non-hydrogen) atoms. The molecule has 0 radical (unpaired) electrons. The van der Waals surface area contributed by atoms with E-state index in [9.17, 15) is 4.79 Å². The SMILES string of the molecule is CC[NH+](CC)CCn1cnc2c([nH]c3ccc(C)cc32)c1=O. The number of aryl methyl sites for hydroxylation is 1. The summed E-state index contributed by atoms with van der Waals surface area (Å²) in [5.41, 5.74) is 3.54. The highest BCUT2D eigenvalue weighted by molar-refractivity contribution is 6.04. The molecule has 0 unspecified atom stereocenters. The van der Waals surface area contributed by atoms with Crippen LogP contribution in [0.1, 0.15) is 19.4 Å². The molecule has 0 aliphatic rings. The van der Waals surface area contributed by atoms with E-state index in [4.69, 9.17) is 0 Å². The van der Waals surface area contributed by atoms with Gasteiger partial charge in [-0.1, -0.05) is 11.6 Å². The molecular weight excluding hydrogens is 276 g/mol. The molecule has 5 nitrogen and oxygen atoms in total. The molecule has 0 atom stereocenters. The first-order chi connectivity index (χ1) is 10.6. The van der Waals surface area contributed by atoms with Gasteiger partial charge in [-0.15, -0.1) is 0 Å². The summed E-state index contributed by atoms with van der Waals surface area (Å²) < 4.78 is 1.72. The standard InChI is InChI=1S/C17H22N4O/c1-4-20(5-2)8-9-21-11-18-15-13-10-12(3)6-7-14(13)19-16(15)17(21)22/h6-7,10-11,19H,4-5,8-9H2,1-3H3/p+1. The van der Waals surface area contributed by atoms with Crippen molar-refractivity contribution in [2.75, 3.05) is 19.6 Å². The second-order valence-corrected chi connectivity index (χ2v) is 5.85. The molecule has 0 bridgehead atoms. The van der Waals surface area contributed by atoms with Crippen molar-refractivity contribution >= 4 is 21.9 Å². The number of fused-ring (bicyclic) bond motifs is 3. The molecule has 2 N–H and O–H groups in total. The molecule has 116 valence electrons. The Balaban J connectivity index is 2.02. The van der Waals surface area contributed by atoms with Gasteiger partial charge in [-0.25, -0.2) is 4.98 Å². The van der Waals surface area contributed by atoms with Crippen LogP contribution >= 0.6 is 0 Å². The number of H-pyrrole nitrogens is 1. The van der Waals surface area contributed by atoms with E-state index in [1.165, 1.54) is 10.5 Å². The number of hydrogen-bond donors (Lipinski definition) is 2. The van der Waals surface area contributed by atoms with Crippen molar-refractivity contribution in [3.63, 3.8) is 0 Å². The molecule has 0 amide bonds. The number of nitrogens with zero attached hydrogens (tertiary/aromatic N) is 2. The Morgan fingerprint density at radius 2 is 2.05 bits per heavy atom. The topological polar surface area (TPSA) is 55.1 Å². The molecule has 2 aromatic heterocycles. The average molecular weight is 299 g/mol. The first-order valence-corrected chi connectivity index (χ1v) is 7.95. The predicted molar refractivity (Wildman–Crippen MR) is 89.5 cm³/mol. The second kappa shape index (κ2) is 5.93. The summed E-state index contributed by atoms with van der Waals surface area (Å²) in [7, 11) is 0. The van der Waals surface area contributed by atoms with Gasteiger partial charge in [-0.05, 0) is 32.9 Å². The van der Waals surface area contributed by atoms with Crippen LogP contribution in [0.25, 0.3) is 21.9 Å². The van der Waals surface area contributed by atoms with Gasteiger partial charge in [0.25, 0.3) is 5.56 Å². The number of benzene rings is 1. The summed E-state index contributed by atoms with van der Waals surface area (Å²) in [5.74, 6) is 0. The maximum atomic E-state index is 12.7. The van der Waals surface area contributed by atoms with Crippen molar-refractivity contribution in [1.29, 1.82) is 0 Å². The molecule has 3 aromatic rings. The molecule has 0 spiro atoms. The Hall–Kier alpha value is -2.14. The number of nitrogens with one attached hydrogen (secondary N) is 2. The van der Waals surface area contributed by atoms with Gasteiger partial charge in [0.2, 0.25) is 0 Å². The molecule has 0 aliphatic heterocycles. The van der Waals surface area contributed by atoms with Crippen molar-refractivity contribution in [3.8, 4) is 0 Å². The highest BCUT2D eigenvalue weighted by atomic mass is 16.1. The van der Waals surface area contributed by atoms with Crippen LogP contribution in [-0.4, -0.2) is 34.2 Å². The summed E-state index contributed by atoms with van der Waals surface area (Å²) in [5, 5.41) is 1.02. The number of rotatable bonds is 5. The first kappa shape index (κ1) is 14.8. The average Bonchev–Trinajstić information content (AvgIpc) is 2.89. The summed E-state index contributed by atoms with van der Waals surface area (Å²) in [6.45, 7) is 10.2. The Bertz CT molecular complexity index is 858. The zero-order valence-corrected chi connectivity index (χ0v) is 13.4. The number of likely N-dealkylation sites (N-methyl/N-ethyl adjacent to an activating group) is 1. The van der Waals surface area contributed by atoms with Gasteiger partial charge in [-0.3, -0.25) is 9.36 Å². The van der Waals surface area contributed by atoms with Crippen LogP contribution in [0.15, 0.2) is 29.3 Å². The molecule has 0 fully saturated rings. The van der Waals surface area contributed by atoms with E-state index < -0.39 is 0 Å². The predicted octanol–water partition coefficient (Wildman–Crippen LogP) is 1.11. The van der Waals surface area contributed by atoms with Gasteiger partial charge in [-0.2, -0.15) is 0 Å². The Morgan fingerprint density at radius 1 is 1.27 bits per heavy atom. The minimum Gasteiger partial charge on any atom is -0.349 e. The third-order valence-corrected chi connectivity index (χ3v) is 4.43. The van der Waals surface area contributed by atoms with Crippen LogP contribution in [0, 0.1) is 6.92 Å². The summed E-state index contributed by atoms with van der Waals surface area (Å²) in [4.78, 5) is 21.9. The van der Waals surface area contributed by atoms with Crippen molar-refractivity contribution < 1.29 is 4.90 Å². The highest BCUT2D eigenvalue weighted by Gasteiger charge is 2.12. The van der Waals surface area contributed by atoms with Crippen molar-refractivity contribution in [2.24, 2.45) is 0 Å². The van der Waals surface area contributed by atoms with Crippen molar-refractivity contribution in [3.05, 3.63) is 40.4 Å². The van der Waals surface area contributed by atoms with E-state index in [1.54, 1.807) is 10.9 Å². The highest BCUT2D eigenvalue weighted by Crippen LogP contribution is 2.22. The zero-order valence-electron chi connectivity index (χ0n) is 13.4. The van der Waals surface area contributed by atoms with E-state index >= 15 is 0 Å². The molecule has 3 rings (SSSR count). The molecule has 1 aromatic carbocycles. The fourth-order valence-corrected chi connectivity index (χ4v) is 2.95. The van der Waals surface area contributed by atoms with Crippen molar-refractivity contribution in [1.82, 2.24) is 14.5 Å².